The van der Waals surface area contributed by atoms with Gasteiger partial charge in [0.1, 0.15) is 11.2 Å². The number of primary amides is 1. The third-order valence-electron chi connectivity index (χ3n) is 4.46. The second-order valence-electron chi connectivity index (χ2n) is 6.43. The molecule has 1 unspecified atom stereocenters. The van der Waals surface area contributed by atoms with Crippen molar-refractivity contribution in [2.75, 3.05) is 6.54 Å². The number of nitrogens with zero attached hydrogens (tertiary/aromatic N) is 3. The van der Waals surface area contributed by atoms with Crippen LogP contribution in [0.2, 0.25) is 0 Å². The molecule has 0 bridgehead atoms. The second kappa shape index (κ2) is 8.13. The van der Waals surface area contributed by atoms with Gasteiger partial charge in [0.05, 0.1) is 18.3 Å². The zero-order valence-corrected chi connectivity index (χ0v) is 15.4. The number of hydrogen-bond acceptors (Lipinski definition) is 6. The van der Waals surface area contributed by atoms with E-state index in [0.29, 0.717) is 36.4 Å². The summed E-state index contributed by atoms with van der Waals surface area (Å²) in [6.07, 6.45) is 0.891. The Kier molecular flexibility index (Phi) is 5.66. The molecule has 8 nitrogen and oxygen atoms in total. The van der Waals surface area contributed by atoms with Crippen LogP contribution in [0.5, 0.6) is 0 Å². The van der Waals surface area contributed by atoms with Gasteiger partial charge >= 0.3 is 0 Å². The molecule has 1 amide bonds. The highest BCUT2D eigenvalue weighted by Crippen LogP contribution is 2.19. The van der Waals surface area contributed by atoms with Crippen LogP contribution < -0.4 is 16.6 Å². The van der Waals surface area contributed by atoms with Crippen molar-refractivity contribution >= 4 is 17.0 Å². The van der Waals surface area contributed by atoms with Crippen LogP contribution in [0.25, 0.3) is 11.1 Å². The van der Waals surface area contributed by atoms with Crippen LogP contribution in [-0.4, -0.2) is 27.2 Å². The lowest BCUT2D eigenvalue weighted by Crippen LogP contribution is -2.33. The molecule has 1 atom stereocenters. The predicted octanol–water partition coefficient (Wildman–Crippen LogP) is 1.66. The van der Waals surface area contributed by atoms with Crippen molar-refractivity contribution in [1.82, 2.24) is 20.0 Å². The summed E-state index contributed by atoms with van der Waals surface area (Å²) in [5.41, 5.74) is 6.77. The van der Waals surface area contributed by atoms with E-state index in [4.69, 9.17) is 10.3 Å². The molecule has 0 saturated carbocycles. The van der Waals surface area contributed by atoms with Gasteiger partial charge in [-0.3, -0.25) is 14.2 Å². The molecule has 3 N–H and O–H groups in total. The molecular weight excluding hydrogens is 346 g/mol. The molecular formula is C19H23N5O3. The van der Waals surface area contributed by atoms with Gasteiger partial charge in [0.2, 0.25) is 5.91 Å². The lowest BCUT2D eigenvalue weighted by Gasteiger charge is -2.20. The first-order valence-electron chi connectivity index (χ1n) is 8.93. The van der Waals surface area contributed by atoms with Crippen molar-refractivity contribution in [3.63, 3.8) is 0 Å². The largest absolute Gasteiger partial charge is 0.370 e. The van der Waals surface area contributed by atoms with Gasteiger partial charge in [0, 0.05) is 13.0 Å². The van der Waals surface area contributed by atoms with Gasteiger partial charge in [-0.1, -0.05) is 42.4 Å². The van der Waals surface area contributed by atoms with E-state index in [1.54, 1.807) is 11.5 Å². The molecule has 0 saturated heterocycles. The Bertz CT molecular complexity index is 994. The predicted molar refractivity (Wildman–Crippen MR) is 101 cm³/mol. The quantitative estimate of drug-likeness (QED) is 0.624. The number of nitrogens with two attached hydrogens (primary N) is 1. The fourth-order valence-corrected chi connectivity index (χ4v) is 3.06. The van der Waals surface area contributed by atoms with Gasteiger partial charge in [-0.2, -0.15) is 4.98 Å². The van der Waals surface area contributed by atoms with Gasteiger partial charge in [-0.15, -0.1) is 0 Å². The van der Waals surface area contributed by atoms with Gasteiger partial charge in [-0.25, -0.2) is 0 Å². The monoisotopic (exact) mass is 369 g/mol. The number of aryl methyl sites for hydroxylation is 1. The molecule has 0 radical (unpaired) electrons. The molecule has 1 aromatic carbocycles. The summed E-state index contributed by atoms with van der Waals surface area (Å²) in [6.45, 7) is 4.50. The third-order valence-corrected chi connectivity index (χ3v) is 4.46. The van der Waals surface area contributed by atoms with Crippen molar-refractivity contribution in [3.8, 4) is 0 Å². The molecule has 142 valence electrons. The Morgan fingerprint density at radius 2 is 2.07 bits per heavy atom. The maximum atomic E-state index is 13.2. The van der Waals surface area contributed by atoms with E-state index < -0.39 is 0 Å². The highest BCUT2D eigenvalue weighted by molar-refractivity contribution is 5.74. The molecule has 2 aromatic heterocycles. The maximum Gasteiger partial charge on any atom is 0.267 e. The van der Waals surface area contributed by atoms with Crippen molar-refractivity contribution in [2.45, 2.75) is 39.3 Å². The molecule has 0 spiro atoms. The molecule has 8 heteroatoms. The molecule has 0 aliphatic carbocycles. The van der Waals surface area contributed by atoms with Crippen LogP contribution in [0.1, 0.15) is 42.9 Å². The van der Waals surface area contributed by atoms with Gasteiger partial charge in [0.25, 0.3) is 11.3 Å². The van der Waals surface area contributed by atoms with Crippen molar-refractivity contribution in [3.05, 3.63) is 57.8 Å². The van der Waals surface area contributed by atoms with E-state index in [2.05, 4.69) is 15.5 Å². The smallest absolute Gasteiger partial charge is 0.267 e. The zero-order chi connectivity index (χ0) is 19.4. The van der Waals surface area contributed by atoms with Crippen molar-refractivity contribution < 1.29 is 9.32 Å². The number of carbonyl (C=O) groups is 1. The summed E-state index contributed by atoms with van der Waals surface area (Å²) in [7, 11) is 0. The van der Waals surface area contributed by atoms with Crippen LogP contribution >= 0.6 is 0 Å². The van der Waals surface area contributed by atoms with E-state index in [1.165, 1.54) is 0 Å². The molecule has 0 aliphatic heterocycles. The first kappa shape index (κ1) is 18.8. The number of nitrogens with one attached hydrogen (secondary N) is 1. The standard InChI is InChI=1S/C19H23N5O3/c1-3-14(21-10-9-15(20)25)17-22-18-16(12(2)23-27-18)19(26)24(17)11-13-7-5-4-6-8-13/h4-8,14,21H,3,9-11H2,1-2H3,(H2,20,25). The van der Waals surface area contributed by atoms with E-state index in [9.17, 15) is 9.59 Å². The highest BCUT2D eigenvalue weighted by Gasteiger charge is 2.22. The van der Waals surface area contributed by atoms with Gasteiger partial charge in [-0.05, 0) is 18.9 Å². The number of hydrogen-bond donors (Lipinski definition) is 2. The normalized spacial score (nSPS) is 12.4. The average molecular weight is 369 g/mol. The van der Waals surface area contributed by atoms with Crippen LogP contribution in [0, 0.1) is 6.92 Å². The summed E-state index contributed by atoms with van der Waals surface area (Å²) in [5, 5.41) is 7.53. The Hall–Kier alpha value is -3.00. The minimum Gasteiger partial charge on any atom is -0.370 e. The number of benzene rings is 1. The Labute approximate surface area is 156 Å². The SMILES string of the molecule is CCC(NCCC(N)=O)c1nc2onc(C)c2c(=O)n1Cc1ccccc1. The maximum absolute atomic E-state index is 13.2. The number of carbonyl (C=O) groups excluding carboxylic acids is 1. The third kappa shape index (κ3) is 4.06. The van der Waals surface area contributed by atoms with Gasteiger partial charge in [0.15, 0.2) is 0 Å². The first-order chi connectivity index (χ1) is 13.0. The molecule has 27 heavy (non-hydrogen) atoms. The average Bonchev–Trinajstić information content (AvgIpc) is 3.03. The zero-order valence-electron chi connectivity index (χ0n) is 15.4. The Morgan fingerprint density at radius 1 is 1.33 bits per heavy atom. The van der Waals surface area contributed by atoms with Crippen molar-refractivity contribution in [1.29, 1.82) is 0 Å². The summed E-state index contributed by atoms with van der Waals surface area (Å²) < 4.78 is 6.88. The Morgan fingerprint density at radius 3 is 2.74 bits per heavy atom. The summed E-state index contributed by atoms with van der Waals surface area (Å²) in [6, 6.07) is 9.48. The minimum absolute atomic E-state index is 0.187. The minimum atomic E-state index is -0.381. The van der Waals surface area contributed by atoms with Crippen LogP contribution in [0.4, 0.5) is 0 Å². The number of amides is 1. The van der Waals surface area contributed by atoms with E-state index >= 15 is 0 Å². The van der Waals surface area contributed by atoms with E-state index in [-0.39, 0.29) is 29.6 Å². The molecule has 2 heterocycles. The summed E-state index contributed by atoms with van der Waals surface area (Å²) in [5.74, 6) is 0.174. The lowest BCUT2D eigenvalue weighted by molar-refractivity contribution is -0.117. The Balaban J connectivity index is 2.07. The van der Waals surface area contributed by atoms with E-state index in [0.717, 1.165) is 5.56 Å². The summed E-state index contributed by atoms with van der Waals surface area (Å²) >= 11 is 0. The fourth-order valence-electron chi connectivity index (χ4n) is 3.06. The molecule has 3 aromatic rings. The molecule has 0 aliphatic rings. The fraction of sp³-hybridized carbons (Fsp3) is 0.368. The lowest BCUT2D eigenvalue weighted by atomic mass is 10.1. The van der Waals surface area contributed by atoms with E-state index in [1.807, 2.05) is 37.3 Å². The second-order valence-corrected chi connectivity index (χ2v) is 6.43. The number of aromatic nitrogens is 3. The molecule has 3 rings (SSSR count). The van der Waals surface area contributed by atoms with Crippen molar-refractivity contribution in [2.24, 2.45) is 5.73 Å². The topological polar surface area (TPSA) is 116 Å². The first-order valence-corrected chi connectivity index (χ1v) is 8.93. The number of fused-ring (bicyclic) bond motifs is 1. The number of rotatable bonds is 8. The van der Waals surface area contributed by atoms with Gasteiger partial charge < -0.3 is 15.6 Å². The summed E-state index contributed by atoms with van der Waals surface area (Å²) in [4.78, 5) is 28.8. The van der Waals surface area contributed by atoms with Crippen LogP contribution in [0.15, 0.2) is 39.6 Å². The molecule has 0 fully saturated rings. The highest BCUT2D eigenvalue weighted by atomic mass is 16.5. The van der Waals surface area contributed by atoms with Crippen LogP contribution in [-0.2, 0) is 11.3 Å². The van der Waals surface area contributed by atoms with Crippen LogP contribution in [0.3, 0.4) is 0 Å².